The molecule has 4 rings (SSSR count). The van der Waals surface area contributed by atoms with Gasteiger partial charge in [0.15, 0.2) is 0 Å². The van der Waals surface area contributed by atoms with Gasteiger partial charge in [-0.3, -0.25) is 4.79 Å². The van der Waals surface area contributed by atoms with Crippen molar-refractivity contribution in [3.05, 3.63) is 23.3 Å². The summed E-state index contributed by atoms with van der Waals surface area (Å²) in [6, 6.07) is 0. The zero-order valence-corrected chi connectivity index (χ0v) is 15.7. The van der Waals surface area contributed by atoms with Crippen LogP contribution in [-0.2, 0) is 9.53 Å². The summed E-state index contributed by atoms with van der Waals surface area (Å²) in [7, 11) is 1.55. The van der Waals surface area contributed by atoms with E-state index >= 15 is 0 Å². The van der Waals surface area contributed by atoms with Crippen LogP contribution >= 0.6 is 0 Å². The van der Waals surface area contributed by atoms with Crippen molar-refractivity contribution >= 4 is 5.97 Å². The van der Waals surface area contributed by atoms with Crippen LogP contribution in [0.1, 0.15) is 65.7 Å². The highest BCUT2D eigenvalue weighted by Crippen LogP contribution is 2.66. The van der Waals surface area contributed by atoms with Gasteiger partial charge in [0.05, 0.1) is 13.0 Å². The molecule has 3 saturated carbocycles. The fourth-order valence-corrected chi connectivity index (χ4v) is 7.17. The van der Waals surface area contributed by atoms with Crippen LogP contribution in [0.2, 0.25) is 0 Å². The quantitative estimate of drug-likeness (QED) is 0.482. The Morgan fingerprint density at radius 1 is 1.17 bits per heavy atom. The Morgan fingerprint density at radius 3 is 2.71 bits per heavy atom. The predicted molar refractivity (Wildman–Crippen MR) is 96.3 cm³/mol. The zero-order valence-electron chi connectivity index (χ0n) is 15.7. The molecule has 0 radical (unpaired) electrons. The first-order chi connectivity index (χ1) is 11.4. The smallest absolute Gasteiger partial charge is 0.309 e. The molecule has 0 bridgehead atoms. The van der Waals surface area contributed by atoms with Gasteiger partial charge in [0.25, 0.3) is 0 Å². The van der Waals surface area contributed by atoms with E-state index < -0.39 is 0 Å². The maximum Gasteiger partial charge on any atom is 0.309 e. The van der Waals surface area contributed by atoms with Crippen LogP contribution in [0, 0.1) is 34.5 Å². The highest BCUT2D eigenvalue weighted by Gasteiger charge is 2.60. The molecular formula is C22H32O2. The number of hydrogen-bond acceptors (Lipinski definition) is 2. The number of carbonyl (C=O) groups is 1. The summed E-state index contributed by atoms with van der Waals surface area (Å²) >= 11 is 0. The largest absolute Gasteiger partial charge is 0.469 e. The Morgan fingerprint density at radius 2 is 1.96 bits per heavy atom. The SMILES string of the molecule is COC(=O)C1CC[C@H]2[C@@H]3CCC4=CCC(C)=C[C@]4(C)[C@H]3CC[C@]12C. The highest BCUT2D eigenvalue weighted by molar-refractivity contribution is 5.73. The summed E-state index contributed by atoms with van der Waals surface area (Å²) in [6.07, 6.45) is 13.6. The maximum absolute atomic E-state index is 12.3. The van der Waals surface area contributed by atoms with Gasteiger partial charge in [-0.1, -0.05) is 37.1 Å². The molecule has 0 saturated heterocycles. The van der Waals surface area contributed by atoms with Gasteiger partial charge in [0.1, 0.15) is 0 Å². The monoisotopic (exact) mass is 328 g/mol. The van der Waals surface area contributed by atoms with E-state index in [1.807, 2.05) is 0 Å². The Bertz CT molecular complexity index is 615. The minimum absolute atomic E-state index is 0.0365. The molecule has 0 aromatic rings. The molecule has 4 aliphatic rings. The van der Waals surface area contributed by atoms with Crippen molar-refractivity contribution in [3.63, 3.8) is 0 Å². The Hall–Kier alpha value is -1.05. The summed E-state index contributed by atoms with van der Waals surface area (Å²) in [5.41, 5.74) is 3.67. The van der Waals surface area contributed by atoms with E-state index in [1.54, 1.807) is 12.7 Å². The Balaban J connectivity index is 1.66. The normalized spacial score (nSPS) is 47.0. The topological polar surface area (TPSA) is 26.3 Å². The minimum atomic E-state index is 0.0365. The molecule has 4 aliphatic carbocycles. The van der Waals surface area contributed by atoms with Crippen LogP contribution in [0.4, 0.5) is 0 Å². The van der Waals surface area contributed by atoms with Crippen molar-refractivity contribution in [1.29, 1.82) is 0 Å². The molecule has 6 atom stereocenters. The third-order valence-electron chi connectivity index (χ3n) is 8.35. The molecule has 0 aromatic carbocycles. The van der Waals surface area contributed by atoms with Gasteiger partial charge in [0, 0.05) is 5.41 Å². The van der Waals surface area contributed by atoms with Gasteiger partial charge in [-0.05, 0) is 75.0 Å². The minimum Gasteiger partial charge on any atom is -0.469 e. The molecule has 0 spiro atoms. The second-order valence-electron chi connectivity index (χ2n) is 9.32. The lowest BCUT2D eigenvalue weighted by Gasteiger charge is -2.57. The molecule has 0 heterocycles. The van der Waals surface area contributed by atoms with Crippen LogP contribution in [0.3, 0.4) is 0 Å². The highest BCUT2D eigenvalue weighted by atomic mass is 16.5. The molecule has 24 heavy (non-hydrogen) atoms. The number of ether oxygens (including phenoxy) is 1. The predicted octanol–water partition coefficient (Wildman–Crippen LogP) is 5.29. The van der Waals surface area contributed by atoms with Gasteiger partial charge in [-0.25, -0.2) is 0 Å². The van der Waals surface area contributed by atoms with Crippen LogP contribution in [0.5, 0.6) is 0 Å². The van der Waals surface area contributed by atoms with E-state index in [-0.39, 0.29) is 22.7 Å². The van der Waals surface area contributed by atoms with E-state index in [1.165, 1.54) is 37.7 Å². The van der Waals surface area contributed by atoms with Gasteiger partial charge >= 0.3 is 5.97 Å². The number of allylic oxidation sites excluding steroid dienone is 4. The molecule has 0 aromatic heterocycles. The fraction of sp³-hybridized carbons (Fsp3) is 0.773. The average molecular weight is 328 g/mol. The summed E-state index contributed by atoms with van der Waals surface area (Å²) < 4.78 is 5.15. The third kappa shape index (κ3) is 2.10. The van der Waals surface area contributed by atoms with Gasteiger partial charge in [-0.15, -0.1) is 0 Å². The number of rotatable bonds is 1. The molecular weight excluding hydrogens is 296 g/mol. The number of carbonyl (C=O) groups excluding carboxylic acids is 1. The van der Waals surface area contributed by atoms with Crippen molar-refractivity contribution in [2.75, 3.05) is 7.11 Å². The molecule has 3 fully saturated rings. The molecule has 0 N–H and O–H groups in total. The van der Waals surface area contributed by atoms with Crippen LogP contribution in [0.25, 0.3) is 0 Å². The number of esters is 1. The zero-order chi connectivity index (χ0) is 17.1. The number of methoxy groups -OCH3 is 1. The van der Waals surface area contributed by atoms with Crippen molar-refractivity contribution in [1.82, 2.24) is 0 Å². The van der Waals surface area contributed by atoms with E-state index in [0.717, 1.165) is 24.7 Å². The van der Waals surface area contributed by atoms with E-state index in [4.69, 9.17) is 4.74 Å². The second kappa shape index (κ2) is 5.47. The molecule has 0 amide bonds. The van der Waals surface area contributed by atoms with Gasteiger partial charge < -0.3 is 4.74 Å². The first kappa shape index (κ1) is 16.4. The first-order valence-corrected chi connectivity index (χ1v) is 9.86. The lowest BCUT2D eigenvalue weighted by atomic mass is 9.47. The van der Waals surface area contributed by atoms with Crippen LogP contribution in [-0.4, -0.2) is 13.1 Å². The van der Waals surface area contributed by atoms with Crippen molar-refractivity contribution in [3.8, 4) is 0 Å². The molecule has 132 valence electrons. The van der Waals surface area contributed by atoms with E-state index in [9.17, 15) is 4.79 Å². The number of fused-ring (bicyclic) bond motifs is 5. The second-order valence-corrected chi connectivity index (χ2v) is 9.32. The Labute approximate surface area is 146 Å². The summed E-state index contributed by atoms with van der Waals surface area (Å²) in [6.45, 7) is 7.17. The van der Waals surface area contributed by atoms with Crippen molar-refractivity contribution in [2.45, 2.75) is 65.7 Å². The molecule has 2 heteroatoms. The van der Waals surface area contributed by atoms with Crippen LogP contribution < -0.4 is 0 Å². The molecule has 2 nitrogen and oxygen atoms in total. The van der Waals surface area contributed by atoms with Gasteiger partial charge in [0.2, 0.25) is 0 Å². The van der Waals surface area contributed by atoms with Gasteiger partial charge in [-0.2, -0.15) is 0 Å². The Kier molecular flexibility index (Phi) is 3.75. The molecule has 1 unspecified atom stereocenters. The fourth-order valence-electron chi connectivity index (χ4n) is 7.17. The van der Waals surface area contributed by atoms with Crippen LogP contribution in [0.15, 0.2) is 23.3 Å². The lowest BCUT2D eigenvalue weighted by Crippen LogP contribution is -2.50. The standard InChI is InChI=1S/C22H32O2/c1-14-5-6-15-7-8-16-17-9-10-19(20(23)24-4)21(17,2)12-11-18(16)22(15,3)13-14/h6,13,16-19H,5,7-12H2,1-4H3/t16-,17-,18-,19?,21-,22-/m0/s1. The maximum atomic E-state index is 12.3. The molecule has 0 aliphatic heterocycles. The summed E-state index contributed by atoms with van der Waals surface area (Å²) in [5.74, 6) is 2.41. The van der Waals surface area contributed by atoms with E-state index in [2.05, 4.69) is 32.9 Å². The summed E-state index contributed by atoms with van der Waals surface area (Å²) in [4.78, 5) is 12.3. The first-order valence-electron chi connectivity index (χ1n) is 9.86. The number of hydrogen-bond donors (Lipinski definition) is 0. The third-order valence-corrected chi connectivity index (χ3v) is 8.35. The lowest BCUT2D eigenvalue weighted by molar-refractivity contribution is -0.152. The van der Waals surface area contributed by atoms with Crippen molar-refractivity contribution < 1.29 is 9.53 Å². The van der Waals surface area contributed by atoms with E-state index in [0.29, 0.717) is 5.92 Å². The average Bonchev–Trinajstić information content (AvgIpc) is 2.90. The summed E-state index contributed by atoms with van der Waals surface area (Å²) in [5, 5.41) is 0. The van der Waals surface area contributed by atoms with Crippen molar-refractivity contribution in [2.24, 2.45) is 34.5 Å².